The van der Waals surface area contributed by atoms with Crippen molar-refractivity contribution in [1.29, 1.82) is 5.26 Å². The van der Waals surface area contributed by atoms with E-state index in [4.69, 9.17) is 21.6 Å². The van der Waals surface area contributed by atoms with Crippen molar-refractivity contribution >= 4 is 29.7 Å². The third kappa shape index (κ3) is 5.17. The maximum atomic E-state index is 12.6. The molecule has 0 radical (unpaired) electrons. The van der Waals surface area contributed by atoms with Gasteiger partial charge in [0.1, 0.15) is 18.1 Å². The lowest BCUT2D eigenvalue weighted by atomic mass is 9.92. The summed E-state index contributed by atoms with van der Waals surface area (Å²) in [4.78, 5) is 34.1. The number of carbonyl (C=O) groups excluding carboxylic acids is 2. The lowest BCUT2D eigenvalue weighted by molar-refractivity contribution is -0.110. The van der Waals surface area contributed by atoms with Crippen molar-refractivity contribution in [3.8, 4) is 11.8 Å². The molecule has 32 heavy (non-hydrogen) atoms. The number of nitrogens with zero attached hydrogens (tertiary/aromatic N) is 4. The van der Waals surface area contributed by atoms with Crippen molar-refractivity contribution in [2.45, 2.75) is 44.2 Å². The summed E-state index contributed by atoms with van der Waals surface area (Å²) in [5.74, 6) is 1.03. The number of nitriles is 1. The van der Waals surface area contributed by atoms with Gasteiger partial charge < -0.3 is 19.7 Å². The van der Waals surface area contributed by atoms with E-state index in [9.17, 15) is 9.59 Å². The second-order valence-corrected chi connectivity index (χ2v) is 8.63. The maximum absolute atomic E-state index is 12.6. The standard InChI is InChI=1S/C23H24ClN5O3/c24-21-9-20(4-1-16(21)10-25)32-19-5-2-18(3-6-19)28-22(31)17-11-26-23(27-12-17)29-8-7-15(13-29)14-30/h1,4,9,11-12,14-15,18-19H,2-3,5-8,13H2,(H,28,31)/t15-,18-,19-/m1/s1. The quantitative estimate of drug-likeness (QED) is 0.669. The fraction of sp³-hybridized carbons (Fsp3) is 0.435. The number of carbonyl (C=O) groups is 2. The molecule has 0 spiro atoms. The minimum absolute atomic E-state index is 0.0228. The number of anilines is 1. The molecule has 4 rings (SSSR count). The summed E-state index contributed by atoms with van der Waals surface area (Å²) >= 11 is 6.07. The highest BCUT2D eigenvalue weighted by atomic mass is 35.5. The average molecular weight is 454 g/mol. The first-order chi connectivity index (χ1) is 15.6. The number of aromatic nitrogens is 2. The zero-order chi connectivity index (χ0) is 22.5. The molecule has 1 atom stereocenters. The first kappa shape index (κ1) is 22.0. The number of hydrogen-bond acceptors (Lipinski definition) is 7. The number of hydrogen-bond donors (Lipinski definition) is 1. The Labute approximate surface area is 191 Å². The molecule has 2 fully saturated rings. The summed E-state index contributed by atoms with van der Waals surface area (Å²) in [5.41, 5.74) is 0.846. The zero-order valence-corrected chi connectivity index (χ0v) is 18.3. The third-order valence-electron chi connectivity index (χ3n) is 5.97. The maximum Gasteiger partial charge on any atom is 0.254 e. The molecular weight excluding hydrogens is 430 g/mol. The van der Waals surface area contributed by atoms with Crippen LogP contribution in [-0.2, 0) is 4.79 Å². The molecule has 0 unspecified atom stereocenters. The number of halogens is 1. The largest absolute Gasteiger partial charge is 0.490 e. The first-order valence-corrected chi connectivity index (χ1v) is 11.1. The summed E-state index contributed by atoms with van der Waals surface area (Å²) in [5, 5.41) is 12.4. The molecule has 8 nitrogen and oxygen atoms in total. The number of amides is 1. The van der Waals surface area contributed by atoms with Crippen LogP contribution in [-0.4, -0.2) is 47.4 Å². The van der Waals surface area contributed by atoms with Gasteiger partial charge in [-0.1, -0.05) is 11.6 Å². The fourth-order valence-electron chi connectivity index (χ4n) is 4.13. The van der Waals surface area contributed by atoms with Gasteiger partial charge in [0.05, 0.1) is 22.3 Å². The number of benzene rings is 1. The van der Waals surface area contributed by atoms with Crippen LogP contribution in [0.5, 0.6) is 5.75 Å². The predicted octanol–water partition coefficient (Wildman–Crippen LogP) is 3.15. The van der Waals surface area contributed by atoms with E-state index in [1.54, 1.807) is 18.2 Å². The van der Waals surface area contributed by atoms with Crippen molar-refractivity contribution in [2.75, 3.05) is 18.0 Å². The molecule has 0 bridgehead atoms. The lowest BCUT2D eigenvalue weighted by Gasteiger charge is -2.29. The van der Waals surface area contributed by atoms with E-state index >= 15 is 0 Å². The Bertz CT molecular complexity index is 1020. The minimum Gasteiger partial charge on any atom is -0.490 e. The van der Waals surface area contributed by atoms with Gasteiger partial charge in [0.2, 0.25) is 5.95 Å². The summed E-state index contributed by atoms with van der Waals surface area (Å²) in [7, 11) is 0. The number of rotatable bonds is 6. The second-order valence-electron chi connectivity index (χ2n) is 8.22. The van der Waals surface area contributed by atoms with Crippen LogP contribution in [0, 0.1) is 17.2 Å². The molecule has 2 aliphatic rings. The van der Waals surface area contributed by atoms with Gasteiger partial charge in [0.15, 0.2) is 0 Å². The molecule has 1 aromatic carbocycles. The Morgan fingerprint density at radius 2 is 1.97 bits per heavy atom. The van der Waals surface area contributed by atoms with Gasteiger partial charge >= 0.3 is 0 Å². The van der Waals surface area contributed by atoms with E-state index in [0.717, 1.165) is 44.9 Å². The Balaban J connectivity index is 1.25. The number of ether oxygens (including phenoxy) is 1. The van der Waals surface area contributed by atoms with Gasteiger partial charge in [-0.25, -0.2) is 9.97 Å². The molecule has 2 aromatic rings. The first-order valence-electron chi connectivity index (χ1n) is 10.7. The minimum atomic E-state index is -0.188. The van der Waals surface area contributed by atoms with Crippen LogP contribution < -0.4 is 15.0 Å². The average Bonchev–Trinajstić information content (AvgIpc) is 3.30. The molecule has 1 aliphatic carbocycles. The molecule has 1 saturated heterocycles. The normalized spacial score (nSPS) is 22.8. The Morgan fingerprint density at radius 1 is 1.22 bits per heavy atom. The fourth-order valence-corrected chi connectivity index (χ4v) is 4.34. The third-order valence-corrected chi connectivity index (χ3v) is 6.29. The predicted molar refractivity (Wildman–Crippen MR) is 119 cm³/mol. The van der Waals surface area contributed by atoms with Crippen LogP contribution >= 0.6 is 11.6 Å². The van der Waals surface area contributed by atoms with Crippen LogP contribution in [0.25, 0.3) is 0 Å². The molecule has 1 aliphatic heterocycles. The molecule has 2 heterocycles. The molecule has 1 amide bonds. The molecule has 1 saturated carbocycles. The van der Waals surface area contributed by atoms with Crippen molar-refractivity contribution < 1.29 is 14.3 Å². The molecule has 9 heteroatoms. The Morgan fingerprint density at radius 3 is 2.59 bits per heavy atom. The monoisotopic (exact) mass is 453 g/mol. The summed E-state index contributed by atoms with van der Waals surface area (Å²) < 4.78 is 6.00. The Hall–Kier alpha value is -3.18. The van der Waals surface area contributed by atoms with Gasteiger partial charge in [-0.15, -0.1) is 0 Å². The lowest BCUT2D eigenvalue weighted by Crippen LogP contribution is -2.39. The molecular formula is C23H24ClN5O3. The smallest absolute Gasteiger partial charge is 0.254 e. The highest BCUT2D eigenvalue weighted by Gasteiger charge is 2.26. The van der Waals surface area contributed by atoms with Crippen molar-refractivity contribution in [3.05, 3.63) is 46.7 Å². The van der Waals surface area contributed by atoms with Crippen molar-refractivity contribution in [2.24, 2.45) is 5.92 Å². The molecule has 166 valence electrons. The van der Waals surface area contributed by atoms with Gasteiger partial charge in [-0.3, -0.25) is 4.79 Å². The second kappa shape index (κ2) is 9.96. The van der Waals surface area contributed by atoms with Crippen LogP contribution in [0.1, 0.15) is 48.0 Å². The van der Waals surface area contributed by atoms with Crippen LogP contribution in [0.3, 0.4) is 0 Å². The number of aldehydes is 1. The van der Waals surface area contributed by atoms with Crippen LogP contribution in [0.15, 0.2) is 30.6 Å². The van der Waals surface area contributed by atoms with Crippen LogP contribution in [0.2, 0.25) is 5.02 Å². The van der Waals surface area contributed by atoms with E-state index < -0.39 is 0 Å². The van der Waals surface area contributed by atoms with E-state index in [1.165, 1.54) is 12.4 Å². The summed E-state index contributed by atoms with van der Waals surface area (Å²) in [6.07, 6.45) is 8.13. The van der Waals surface area contributed by atoms with Gasteiger partial charge in [-0.2, -0.15) is 5.26 Å². The Kier molecular flexibility index (Phi) is 6.86. The van der Waals surface area contributed by atoms with Crippen molar-refractivity contribution in [1.82, 2.24) is 15.3 Å². The zero-order valence-electron chi connectivity index (χ0n) is 17.5. The van der Waals surface area contributed by atoms with Gasteiger partial charge in [-0.05, 0) is 44.2 Å². The number of nitrogens with one attached hydrogen (secondary N) is 1. The highest BCUT2D eigenvalue weighted by Crippen LogP contribution is 2.27. The van der Waals surface area contributed by atoms with E-state index in [1.807, 2.05) is 11.0 Å². The molecule has 1 N–H and O–H groups in total. The SMILES string of the molecule is N#Cc1ccc(O[C@H]2CC[C@H](NC(=O)c3cnc(N4CC[C@@H](C=O)C4)nc3)CC2)cc1Cl. The summed E-state index contributed by atoms with van der Waals surface area (Å²) in [6, 6.07) is 7.17. The van der Waals surface area contributed by atoms with Gasteiger partial charge in [0, 0.05) is 43.5 Å². The van der Waals surface area contributed by atoms with E-state index in [2.05, 4.69) is 15.3 Å². The molecule has 1 aromatic heterocycles. The van der Waals surface area contributed by atoms with E-state index in [-0.39, 0.29) is 24.0 Å². The summed E-state index contributed by atoms with van der Waals surface area (Å²) in [6.45, 7) is 1.37. The van der Waals surface area contributed by atoms with Gasteiger partial charge in [0.25, 0.3) is 5.91 Å². The highest BCUT2D eigenvalue weighted by molar-refractivity contribution is 6.31. The van der Waals surface area contributed by atoms with Crippen molar-refractivity contribution in [3.63, 3.8) is 0 Å². The van der Waals surface area contributed by atoms with E-state index in [0.29, 0.717) is 34.4 Å². The topological polar surface area (TPSA) is 108 Å². The van der Waals surface area contributed by atoms with Crippen LogP contribution in [0.4, 0.5) is 5.95 Å².